The van der Waals surface area contributed by atoms with E-state index in [1.54, 1.807) is 0 Å². The second-order valence-corrected chi connectivity index (χ2v) is 7.57. The first-order valence-corrected chi connectivity index (χ1v) is 10.4. The van der Waals surface area contributed by atoms with Gasteiger partial charge in [-0.05, 0) is 56.0 Å². The monoisotopic (exact) mass is 429 g/mol. The van der Waals surface area contributed by atoms with Crippen LogP contribution in [0.1, 0.15) is 39.0 Å². The molecule has 0 radical (unpaired) electrons. The minimum atomic E-state index is -1.82. The predicted octanol–water partition coefficient (Wildman–Crippen LogP) is 3.79. The zero-order valence-corrected chi connectivity index (χ0v) is 17.8. The van der Waals surface area contributed by atoms with Gasteiger partial charge in [0, 0.05) is 37.7 Å². The van der Waals surface area contributed by atoms with E-state index in [1.807, 2.05) is 24.3 Å². The molecule has 1 unspecified atom stereocenters. The largest absolute Gasteiger partial charge is 0.494 e. The van der Waals surface area contributed by atoms with Crippen molar-refractivity contribution >= 4 is 23.5 Å². The molecule has 1 fully saturated rings. The average molecular weight is 430 g/mol. The Labute approximate surface area is 177 Å². The Hall–Kier alpha value is -1.83. The van der Waals surface area contributed by atoms with E-state index in [1.165, 1.54) is 38.9 Å². The number of halogens is 1. The highest BCUT2D eigenvalue weighted by Gasteiger charge is 2.13. The van der Waals surface area contributed by atoms with Crippen LogP contribution in [0.4, 0.5) is 0 Å². The van der Waals surface area contributed by atoms with Crippen LogP contribution >= 0.6 is 11.6 Å². The Morgan fingerprint density at radius 1 is 1.07 bits per heavy atom. The molecule has 0 aromatic heterocycles. The lowest BCUT2D eigenvalue weighted by atomic mass is 10.1. The fraction of sp³-hybridized carbons (Fsp3) is 0.619. The molecular weight excluding hydrogens is 398 g/mol. The van der Waals surface area contributed by atoms with Crippen molar-refractivity contribution in [1.29, 1.82) is 0 Å². The third-order valence-electron chi connectivity index (χ3n) is 4.45. The van der Waals surface area contributed by atoms with E-state index in [-0.39, 0.29) is 0 Å². The molecule has 29 heavy (non-hydrogen) atoms. The highest BCUT2D eigenvalue weighted by molar-refractivity contribution is 6.30. The summed E-state index contributed by atoms with van der Waals surface area (Å²) in [6, 6.07) is 7.48. The number of aliphatic carboxylic acids is 2. The molecule has 1 aromatic rings. The second kappa shape index (κ2) is 15.1. The van der Waals surface area contributed by atoms with E-state index in [4.69, 9.17) is 40.9 Å². The smallest absolute Gasteiger partial charge is 0.414 e. The molecule has 1 aliphatic rings. The summed E-state index contributed by atoms with van der Waals surface area (Å²) in [7, 11) is 0. The zero-order valence-electron chi connectivity index (χ0n) is 17.0. The number of carboxylic acid groups (broad SMARTS) is 2. The summed E-state index contributed by atoms with van der Waals surface area (Å²) in [4.78, 5) is 20.8. The molecule has 0 aliphatic carbocycles. The number of hydrogen-bond donors (Lipinski definition) is 2. The van der Waals surface area contributed by atoms with Crippen LogP contribution in [-0.2, 0) is 14.3 Å². The molecule has 0 amide bonds. The van der Waals surface area contributed by atoms with E-state index in [9.17, 15) is 0 Å². The highest BCUT2D eigenvalue weighted by Crippen LogP contribution is 2.16. The molecule has 0 bridgehead atoms. The minimum Gasteiger partial charge on any atom is -0.494 e. The van der Waals surface area contributed by atoms with Crippen LogP contribution < -0.4 is 4.74 Å². The molecule has 1 aromatic carbocycles. The zero-order chi connectivity index (χ0) is 21.5. The molecule has 1 saturated heterocycles. The van der Waals surface area contributed by atoms with E-state index in [2.05, 4.69) is 11.8 Å². The lowest BCUT2D eigenvalue weighted by molar-refractivity contribution is -0.159. The van der Waals surface area contributed by atoms with Gasteiger partial charge in [-0.25, -0.2) is 9.59 Å². The Balaban J connectivity index is 0.000000612. The Bertz CT molecular complexity index is 583. The Morgan fingerprint density at radius 3 is 2.38 bits per heavy atom. The van der Waals surface area contributed by atoms with Crippen LogP contribution in [0, 0.1) is 5.92 Å². The van der Waals surface area contributed by atoms with Crippen molar-refractivity contribution in [1.82, 2.24) is 4.90 Å². The van der Waals surface area contributed by atoms with Crippen LogP contribution in [0.15, 0.2) is 24.3 Å². The van der Waals surface area contributed by atoms with Crippen LogP contribution in [0.2, 0.25) is 5.02 Å². The number of carbonyl (C=O) groups is 2. The first kappa shape index (κ1) is 25.2. The number of rotatable bonds is 9. The SMILES string of the molecule is CC1CCCCN(CCCOCCCOc2ccc(Cl)cc2)C1.O=C(O)C(=O)O. The minimum absolute atomic E-state index is 0.686. The van der Waals surface area contributed by atoms with Crippen molar-refractivity contribution in [3.63, 3.8) is 0 Å². The number of likely N-dealkylation sites (tertiary alicyclic amines) is 1. The molecule has 8 heteroatoms. The van der Waals surface area contributed by atoms with Gasteiger partial charge in [0.05, 0.1) is 6.61 Å². The number of benzene rings is 1. The van der Waals surface area contributed by atoms with Crippen molar-refractivity contribution in [3.8, 4) is 5.75 Å². The fourth-order valence-corrected chi connectivity index (χ4v) is 3.15. The molecule has 0 spiro atoms. The molecule has 7 nitrogen and oxygen atoms in total. The first-order valence-electron chi connectivity index (χ1n) is 10.0. The lowest BCUT2D eigenvalue weighted by Gasteiger charge is -2.22. The maximum absolute atomic E-state index is 9.10. The summed E-state index contributed by atoms with van der Waals surface area (Å²) in [6.45, 7) is 8.37. The molecule has 1 atom stereocenters. The van der Waals surface area contributed by atoms with Gasteiger partial charge < -0.3 is 24.6 Å². The lowest BCUT2D eigenvalue weighted by Crippen LogP contribution is -2.29. The maximum atomic E-state index is 9.10. The predicted molar refractivity (Wildman–Crippen MR) is 112 cm³/mol. The molecule has 164 valence electrons. The van der Waals surface area contributed by atoms with Crippen molar-refractivity contribution in [2.24, 2.45) is 5.92 Å². The van der Waals surface area contributed by atoms with Gasteiger partial charge in [-0.2, -0.15) is 0 Å². The average Bonchev–Trinajstić information content (AvgIpc) is 2.89. The molecule has 1 heterocycles. The van der Waals surface area contributed by atoms with Crippen molar-refractivity contribution in [3.05, 3.63) is 29.3 Å². The molecular formula is C21H32ClNO6. The van der Waals surface area contributed by atoms with Crippen LogP contribution in [0.25, 0.3) is 0 Å². The summed E-state index contributed by atoms with van der Waals surface area (Å²) in [6.07, 6.45) is 6.18. The van der Waals surface area contributed by atoms with Gasteiger partial charge in [-0.15, -0.1) is 0 Å². The van der Waals surface area contributed by atoms with Crippen LogP contribution in [0.3, 0.4) is 0 Å². The maximum Gasteiger partial charge on any atom is 0.414 e. The van der Waals surface area contributed by atoms with E-state index >= 15 is 0 Å². The summed E-state index contributed by atoms with van der Waals surface area (Å²) >= 11 is 5.84. The van der Waals surface area contributed by atoms with E-state index in [0.717, 1.165) is 42.7 Å². The van der Waals surface area contributed by atoms with E-state index in [0.29, 0.717) is 6.61 Å². The third-order valence-corrected chi connectivity index (χ3v) is 4.70. The van der Waals surface area contributed by atoms with Gasteiger partial charge >= 0.3 is 11.9 Å². The van der Waals surface area contributed by atoms with Crippen molar-refractivity contribution in [2.75, 3.05) is 39.5 Å². The van der Waals surface area contributed by atoms with Crippen LogP contribution in [-0.4, -0.2) is 66.5 Å². The van der Waals surface area contributed by atoms with Crippen molar-refractivity contribution < 1.29 is 29.3 Å². The molecule has 2 N–H and O–H groups in total. The number of ether oxygens (including phenoxy) is 2. The molecule has 1 aliphatic heterocycles. The normalized spacial score (nSPS) is 17.0. The number of nitrogens with zero attached hydrogens (tertiary/aromatic N) is 1. The first-order chi connectivity index (χ1) is 13.9. The van der Waals surface area contributed by atoms with Gasteiger partial charge in [0.2, 0.25) is 0 Å². The second-order valence-electron chi connectivity index (χ2n) is 7.13. The highest BCUT2D eigenvalue weighted by atomic mass is 35.5. The third kappa shape index (κ3) is 13.1. The van der Waals surface area contributed by atoms with E-state index < -0.39 is 11.9 Å². The summed E-state index contributed by atoms with van der Waals surface area (Å²) < 4.78 is 11.4. The standard InChI is InChI=1S/C19H30ClNO2.C2H2O4/c1-17-6-2-3-11-21(16-17)12-4-13-22-14-5-15-23-19-9-7-18(20)8-10-19;3-1(4)2(5)6/h7-10,17H,2-6,11-16H2,1H3;(H,3,4)(H,5,6). The van der Waals surface area contributed by atoms with Crippen molar-refractivity contribution in [2.45, 2.75) is 39.0 Å². The van der Waals surface area contributed by atoms with Gasteiger partial charge in [-0.3, -0.25) is 0 Å². The number of hydrogen-bond acceptors (Lipinski definition) is 5. The summed E-state index contributed by atoms with van der Waals surface area (Å²) in [5.74, 6) is -1.93. The molecule has 0 saturated carbocycles. The van der Waals surface area contributed by atoms with Gasteiger partial charge in [0.25, 0.3) is 0 Å². The summed E-state index contributed by atoms with van der Waals surface area (Å²) in [5.41, 5.74) is 0. The van der Waals surface area contributed by atoms with Gasteiger partial charge in [0.1, 0.15) is 5.75 Å². The Kier molecular flexibility index (Phi) is 13.1. The summed E-state index contributed by atoms with van der Waals surface area (Å²) in [5, 5.41) is 15.5. The topological polar surface area (TPSA) is 96.3 Å². The van der Waals surface area contributed by atoms with Crippen LogP contribution in [0.5, 0.6) is 5.75 Å². The quantitative estimate of drug-likeness (QED) is 0.455. The van der Waals surface area contributed by atoms with Gasteiger partial charge in [0.15, 0.2) is 0 Å². The molecule has 2 rings (SSSR count). The number of carboxylic acids is 2. The van der Waals surface area contributed by atoms with Gasteiger partial charge in [-0.1, -0.05) is 24.9 Å². The Morgan fingerprint density at radius 2 is 1.72 bits per heavy atom. The fourth-order valence-electron chi connectivity index (χ4n) is 3.03.